The van der Waals surface area contributed by atoms with Crippen LogP contribution in [-0.4, -0.2) is 28.2 Å². The molecule has 0 spiro atoms. The number of benzene rings is 2. The van der Waals surface area contributed by atoms with Gasteiger partial charge in [-0.15, -0.1) is 0 Å². The molecule has 0 aromatic heterocycles. The Bertz CT molecular complexity index is 741. The van der Waals surface area contributed by atoms with E-state index in [0.717, 1.165) is 0 Å². The molecule has 1 atom stereocenters. The third-order valence-electron chi connectivity index (χ3n) is 3.64. The maximum absolute atomic E-state index is 9.63. The van der Waals surface area contributed by atoms with E-state index in [2.05, 4.69) is 5.16 Å². The number of phenols is 2. The summed E-state index contributed by atoms with van der Waals surface area (Å²) in [6, 6.07) is 9.73. The lowest BCUT2D eigenvalue weighted by molar-refractivity contribution is 0.201. The first kappa shape index (κ1) is 14.1. The fraction of sp³-hybridized carbons (Fsp3) is 0.188. The van der Waals surface area contributed by atoms with Gasteiger partial charge < -0.3 is 24.9 Å². The van der Waals surface area contributed by atoms with Crippen molar-refractivity contribution in [3.63, 3.8) is 0 Å². The van der Waals surface area contributed by atoms with Crippen LogP contribution in [0.4, 0.5) is 0 Å². The second-order valence-electron chi connectivity index (χ2n) is 4.97. The van der Waals surface area contributed by atoms with Gasteiger partial charge in [-0.1, -0.05) is 11.2 Å². The van der Waals surface area contributed by atoms with Crippen LogP contribution >= 0.6 is 0 Å². The highest BCUT2D eigenvalue weighted by atomic mass is 16.5. The quantitative estimate of drug-likeness (QED) is 0.451. The van der Waals surface area contributed by atoms with Gasteiger partial charge in [0.1, 0.15) is 17.6 Å². The molecule has 2 aromatic rings. The summed E-state index contributed by atoms with van der Waals surface area (Å²) in [5.74, 6) is 0.749. The Morgan fingerprint density at radius 1 is 1.14 bits per heavy atom. The van der Waals surface area contributed by atoms with Gasteiger partial charge in [-0.2, -0.15) is 0 Å². The Labute approximate surface area is 126 Å². The number of nitrogens with zero attached hydrogens (tertiary/aromatic N) is 1. The Morgan fingerprint density at radius 2 is 1.95 bits per heavy atom. The number of ether oxygens (including phenoxy) is 2. The molecule has 2 aromatic carbocycles. The SMILES string of the molecule is COc1ccc2c(c1)OC(c1ccc(O)c(O)c1)C/C2=N/O. The Balaban J connectivity index is 2.00. The highest BCUT2D eigenvalue weighted by Crippen LogP contribution is 2.39. The summed E-state index contributed by atoms with van der Waals surface area (Å²) < 4.78 is 11.1. The van der Waals surface area contributed by atoms with Crippen LogP contribution in [0, 0.1) is 0 Å². The normalized spacial score (nSPS) is 18.6. The van der Waals surface area contributed by atoms with Crippen molar-refractivity contribution >= 4 is 5.71 Å². The maximum atomic E-state index is 9.63. The van der Waals surface area contributed by atoms with Gasteiger partial charge in [0.2, 0.25) is 0 Å². The van der Waals surface area contributed by atoms with E-state index in [4.69, 9.17) is 9.47 Å². The van der Waals surface area contributed by atoms with Crippen LogP contribution in [0.5, 0.6) is 23.0 Å². The largest absolute Gasteiger partial charge is 0.504 e. The van der Waals surface area contributed by atoms with Crippen molar-refractivity contribution in [2.24, 2.45) is 5.16 Å². The molecule has 3 N–H and O–H groups in total. The van der Waals surface area contributed by atoms with Crippen LogP contribution in [0.2, 0.25) is 0 Å². The van der Waals surface area contributed by atoms with E-state index in [1.807, 2.05) is 0 Å². The summed E-state index contributed by atoms with van der Waals surface area (Å²) >= 11 is 0. The molecule has 1 aliphatic rings. The van der Waals surface area contributed by atoms with Crippen LogP contribution in [0.15, 0.2) is 41.6 Å². The second kappa shape index (κ2) is 5.48. The third kappa shape index (κ3) is 2.39. The van der Waals surface area contributed by atoms with E-state index in [1.165, 1.54) is 12.1 Å². The zero-order valence-corrected chi connectivity index (χ0v) is 11.9. The molecule has 0 fully saturated rings. The van der Waals surface area contributed by atoms with E-state index >= 15 is 0 Å². The van der Waals surface area contributed by atoms with Crippen molar-refractivity contribution < 1.29 is 24.9 Å². The zero-order chi connectivity index (χ0) is 15.7. The molecule has 1 heterocycles. The highest BCUT2D eigenvalue weighted by molar-refractivity contribution is 6.03. The number of aromatic hydroxyl groups is 2. The van der Waals surface area contributed by atoms with Crippen LogP contribution in [0.1, 0.15) is 23.7 Å². The molecule has 3 rings (SSSR count). The zero-order valence-electron chi connectivity index (χ0n) is 11.9. The van der Waals surface area contributed by atoms with Crippen molar-refractivity contribution in [1.29, 1.82) is 0 Å². The summed E-state index contributed by atoms with van der Waals surface area (Å²) in [6.45, 7) is 0. The summed E-state index contributed by atoms with van der Waals surface area (Å²) in [6.07, 6.45) is -0.0861. The van der Waals surface area contributed by atoms with Gasteiger partial charge in [0, 0.05) is 18.1 Å². The first-order valence-corrected chi connectivity index (χ1v) is 6.70. The lowest BCUT2D eigenvalue weighted by Crippen LogP contribution is -2.21. The van der Waals surface area contributed by atoms with Gasteiger partial charge >= 0.3 is 0 Å². The summed E-state index contributed by atoms with van der Waals surface area (Å²) in [5.41, 5.74) is 1.86. The highest BCUT2D eigenvalue weighted by Gasteiger charge is 2.27. The predicted molar refractivity (Wildman–Crippen MR) is 79.1 cm³/mol. The van der Waals surface area contributed by atoms with Crippen LogP contribution in [0.3, 0.4) is 0 Å². The summed E-state index contributed by atoms with van der Waals surface area (Å²) in [4.78, 5) is 0. The van der Waals surface area contributed by atoms with Gasteiger partial charge in [-0.3, -0.25) is 0 Å². The van der Waals surface area contributed by atoms with Gasteiger partial charge in [-0.05, 0) is 29.8 Å². The van der Waals surface area contributed by atoms with Gasteiger partial charge in [-0.25, -0.2) is 0 Å². The molecule has 6 nitrogen and oxygen atoms in total. The third-order valence-corrected chi connectivity index (χ3v) is 3.64. The lowest BCUT2D eigenvalue weighted by Gasteiger charge is -2.27. The van der Waals surface area contributed by atoms with Crippen molar-refractivity contribution in [1.82, 2.24) is 0 Å². The van der Waals surface area contributed by atoms with Crippen LogP contribution in [0.25, 0.3) is 0 Å². The molecule has 1 aliphatic heterocycles. The standard InChI is InChI=1S/C16H15NO5/c1-21-10-3-4-11-12(17-20)8-15(22-16(11)7-10)9-2-5-13(18)14(19)6-9/h2-7,15,18-20H,8H2,1H3/b17-12-. The number of fused-ring (bicyclic) bond motifs is 1. The van der Waals surface area contributed by atoms with E-state index < -0.39 is 6.10 Å². The Hall–Kier alpha value is -2.89. The molecule has 0 saturated heterocycles. The number of rotatable bonds is 2. The fourth-order valence-electron chi connectivity index (χ4n) is 2.47. The van der Waals surface area contributed by atoms with E-state index in [9.17, 15) is 15.4 Å². The molecular weight excluding hydrogens is 286 g/mol. The fourth-order valence-corrected chi connectivity index (χ4v) is 2.47. The minimum absolute atomic E-state index is 0.197. The topological polar surface area (TPSA) is 91.5 Å². The molecule has 114 valence electrons. The van der Waals surface area contributed by atoms with E-state index in [-0.39, 0.29) is 11.5 Å². The summed E-state index contributed by atoms with van der Waals surface area (Å²) in [7, 11) is 1.56. The van der Waals surface area contributed by atoms with Crippen molar-refractivity contribution in [3.8, 4) is 23.0 Å². The van der Waals surface area contributed by atoms with E-state index in [1.54, 1.807) is 31.4 Å². The monoisotopic (exact) mass is 301 g/mol. The van der Waals surface area contributed by atoms with Crippen molar-refractivity contribution in [2.45, 2.75) is 12.5 Å². The first-order valence-electron chi connectivity index (χ1n) is 6.70. The number of methoxy groups -OCH3 is 1. The summed E-state index contributed by atoms with van der Waals surface area (Å²) in [5, 5.41) is 31.6. The maximum Gasteiger partial charge on any atom is 0.157 e. The molecule has 0 aliphatic carbocycles. The molecule has 6 heteroatoms. The van der Waals surface area contributed by atoms with Gasteiger partial charge in [0.25, 0.3) is 0 Å². The number of phenolic OH excluding ortho intramolecular Hbond substituents is 2. The average molecular weight is 301 g/mol. The molecule has 0 bridgehead atoms. The molecule has 1 unspecified atom stereocenters. The van der Waals surface area contributed by atoms with Crippen LogP contribution in [-0.2, 0) is 0 Å². The van der Waals surface area contributed by atoms with Gasteiger partial charge in [0.05, 0.1) is 12.8 Å². The number of hydrogen-bond donors (Lipinski definition) is 3. The predicted octanol–water partition coefficient (Wildman–Crippen LogP) is 2.81. The second-order valence-corrected chi connectivity index (χ2v) is 4.97. The number of oxime groups is 1. The van der Waals surface area contributed by atoms with Crippen molar-refractivity contribution in [3.05, 3.63) is 47.5 Å². The molecule has 22 heavy (non-hydrogen) atoms. The molecular formula is C16H15NO5. The Kier molecular flexibility index (Phi) is 3.50. The van der Waals surface area contributed by atoms with E-state index in [0.29, 0.717) is 34.8 Å². The smallest absolute Gasteiger partial charge is 0.157 e. The first-order chi connectivity index (χ1) is 10.6. The average Bonchev–Trinajstić information content (AvgIpc) is 2.55. The Morgan fingerprint density at radius 3 is 2.64 bits per heavy atom. The molecule has 0 saturated carbocycles. The minimum Gasteiger partial charge on any atom is -0.504 e. The molecule has 0 amide bonds. The minimum atomic E-state index is -0.433. The van der Waals surface area contributed by atoms with Crippen molar-refractivity contribution in [2.75, 3.05) is 7.11 Å². The molecule has 0 radical (unpaired) electrons. The van der Waals surface area contributed by atoms with Crippen LogP contribution < -0.4 is 9.47 Å². The number of hydrogen-bond acceptors (Lipinski definition) is 6. The lowest BCUT2D eigenvalue weighted by atomic mass is 9.95. The van der Waals surface area contributed by atoms with Gasteiger partial charge in [0.15, 0.2) is 11.5 Å².